The van der Waals surface area contributed by atoms with Gasteiger partial charge in [-0.15, -0.1) is 0 Å². The van der Waals surface area contributed by atoms with E-state index in [1.54, 1.807) is 0 Å². The molecule has 1 aliphatic heterocycles. The lowest BCUT2D eigenvalue weighted by Crippen LogP contribution is -2.27. The second kappa shape index (κ2) is 5.77. The second-order valence-electron chi connectivity index (χ2n) is 7.61. The van der Waals surface area contributed by atoms with Crippen molar-refractivity contribution < 1.29 is 9.32 Å². The molecule has 7 heteroatoms. The van der Waals surface area contributed by atoms with Crippen LogP contribution in [0.2, 0.25) is 0 Å². The first-order valence-electron chi connectivity index (χ1n) is 9.26. The van der Waals surface area contributed by atoms with Gasteiger partial charge in [0.2, 0.25) is 0 Å². The van der Waals surface area contributed by atoms with Gasteiger partial charge in [-0.2, -0.15) is 10.1 Å². The number of hydrogen-bond donors (Lipinski definition) is 0. The minimum Gasteiger partial charge on any atom is -0.332 e. The van der Waals surface area contributed by atoms with Crippen LogP contribution in [-0.4, -0.2) is 30.7 Å². The Balaban J connectivity index is 1.45. The number of hydrogen-bond acceptors (Lipinski definition) is 5. The third-order valence-electron chi connectivity index (χ3n) is 5.45. The van der Waals surface area contributed by atoms with Crippen molar-refractivity contribution in [3.8, 4) is 11.6 Å². The van der Waals surface area contributed by atoms with E-state index in [0.717, 1.165) is 46.6 Å². The Morgan fingerprint density at radius 3 is 2.78 bits per heavy atom. The van der Waals surface area contributed by atoms with Crippen LogP contribution >= 0.6 is 0 Å². The van der Waals surface area contributed by atoms with Crippen molar-refractivity contribution in [3.63, 3.8) is 0 Å². The van der Waals surface area contributed by atoms with Gasteiger partial charge in [0.05, 0.1) is 18.8 Å². The molecule has 1 saturated carbocycles. The Bertz CT molecular complexity index is 1060. The summed E-state index contributed by atoms with van der Waals surface area (Å²) in [5.41, 5.74) is 5.62. The van der Waals surface area contributed by atoms with Crippen LogP contribution in [0.5, 0.6) is 0 Å². The molecular weight excluding hydrogens is 342 g/mol. The molecule has 0 bridgehead atoms. The summed E-state index contributed by atoms with van der Waals surface area (Å²) in [6.45, 7) is 5.06. The highest BCUT2D eigenvalue weighted by atomic mass is 16.5. The highest BCUT2D eigenvalue weighted by molar-refractivity contribution is 5.96. The summed E-state index contributed by atoms with van der Waals surface area (Å²) in [7, 11) is 1.89. The zero-order chi connectivity index (χ0) is 18.7. The zero-order valence-electron chi connectivity index (χ0n) is 15.7. The van der Waals surface area contributed by atoms with Gasteiger partial charge in [0.15, 0.2) is 11.5 Å². The number of nitrogens with zero attached hydrogens (tertiary/aromatic N) is 5. The summed E-state index contributed by atoms with van der Waals surface area (Å²) >= 11 is 0. The number of benzene rings is 1. The highest BCUT2D eigenvalue weighted by Gasteiger charge is 2.34. The van der Waals surface area contributed by atoms with Gasteiger partial charge in [-0.1, -0.05) is 22.9 Å². The van der Waals surface area contributed by atoms with Gasteiger partial charge in [0, 0.05) is 24.1 Å². The summed E-state index contributed by atoms with van der Waals surface area (Å²) in [6.07, 6.45) is 2.24. The Morgan fingerprint density at radius 1 is 1.22 bits per heavy atom. The van der Waals surface area contributed by atoms with E-state index in [2.05, 4.69) is 15.2 Å². The quantitative estimate of drug-likeness (QED) is 0.714. The van der Waals surface area contributed by atoms with Gasteiger partial charge in [0.1, 0.15) is 0 Å². The van der Waals surface area contributed by atoms with Gasteiger partial charge >= 0.3 is 0 Å². The lowest BCUT2D eigenvalue weighted by Gasteiger charge is -2.17. The van der Waals surface area contributed by atoms with Crippen molar-refractivity contribution in [3.05, 3.63) is 52.0 Å². The summed E-state index contributed by atoms with van der Waals surface area (Å²) in [6, 6.07) is 5.94. The minimum atomic E-state index is 0.0406. The number of carbonyl (C=O) groups excluding carboxylic acids is 1. The molecule has 1 aromatic carbocycles. The Hall–Kier alpha value is -2.96. The standard InChI is InChI=1S/C20H21N5O2/c1-11-4-7-14(12(2)8-11)20(26)25-9-15-16(10-25)24(3)22-17(15)19-21-18(23-27-19)13-5-6-13/h4,7-8,13H,5-6,9-10H2,1-3H3. The number of aryl methyl sites for hydroxylation is 3. The molecule has 0 saturated heterocycles. The molecule has 27 heavy (non-hydrogen) atoms. The molecule has 0 N–H and O–H groups in total. The van der Waals surface area contributed by atoms with Crippen LogP contribution in [-0.2, 0) is 20.1 Å². The molecule has 0 atom stereocenters. The molecular formula is C20H21N5O2. The molecule has 138 valence electrons. The molecule has 1 amide bonds. The van der Waals surface area contributed by atoms with Crippen molar-refractivity contribution in [2.24, 2.45) is 7.05 Å². The first kappa shape index (κ1) is 16.2. The summed E-state index contributed by atoms with van der Waals surface area (Å²) in [5.74, 6) is 1.70. The maximum absolute atomic E-state index is 13.1. The van der Waals surface area contributed by atoms with E-state index >= 15 is 0 Å². The molecule has 0 radical (unpaired) electrons. The zero-order valence-corrected chi connectivity index (χ0v) is 15.7. The van der Waals surface area contributed by atoms with E-state index in [1.165, 1.54) is 0 Å². The average molecular weight is 363 g/mol. The smallest absolute Gasteiger partial charge is 0.278 e. The number of fused-ring (bicyclic) bond motifs is 1. The van der Waals surface area contributed by atoms with E-state index in [-0.39, 0.29) is 5.91 Å². The summed E-state index contributed by atoms with van der Waals surface area (Å²) in [5, 5.41) is 8.67. The third kappa shape index (κ3) is 2.65. The van der Waals surface area contributed by atoms with E-state index in [0.29, 0.717) is 30.6 Å². The largest absolute Gasteiger partial charge is 0.332 e. The van der Waals surface area contributed by atoms with Gasteiger partial charge in [-0.05, 0) is 38.3 Å². The van der Waals surface area contributed by atoms with Crippen molar-refractivity contribution >= 4 is 5.91 Å². The van der Waals surface area contributed by atoms with Gasteiger partial charge in [-0.25, -0.2) is 0 Å². The first-order chi connectivity index (χ1) is 13.0. The number of rotatable bonds is 3. The fourth-order valence-electron chi connectivity index (χ4n) is 3.77. The molecule has 5 rings (SSSR count). The van der Waals surface area contributed by atoms with Crippen molar-refractivity contribution in [2.75, 3.05) is 0 Å². The number of carbonyl (C=O) groups is 1. The Morgan fingerprint density at radius 2 is 2.04 bits per heavy atom. The Kier molecular flexibility index (Phi) is 3.47. The normalized spacial score (nSPS) is 16.0. The fourth-order valence-corrected chi connectivity index (χ4v) is 3.77. The van der Waals surface area contributed by atoms with Gasteiger partial charge in [0.25, 0.3) is 11.8 Å². The average Bonchev–Trinajstić information content (AvgIpc) is 3.09. The summed E-state index contributed by atoms with van der Waals surface area (Å²) < 4.78 is 7.28. The van der Waals surface area contributed by atoms with Crippen molar-refractivity contribution in [2.45, 2.75) is 45.7 Å². The van der Waals surface area contributed by atoms with E-state index < -0.39 is 0 Å². The molecule has 7 nitrogen and oxygen atoms in total. The first-order valence-corrected chi connectivity index (χ1v) is 9.26. The highest BCUT2D eigenvalue weighted by Crippen LogP contribution is 2.39. The lowest BCUT2D eigenvalue weighted by molar-refractivity contribution is 0.0748. The molecule has 1 fully saturated rings. The van der Waals surface area contributed by atoms with Crippen molar-refractivity contribution in [1.29, 1.82) is 0 Å². The van der Waals surface area contributed by atoms with Crippen LogP contribution in [0.4, 0.5) is 0 Å². The molecule has 0 unspecified atom stereocenters. The van der Waals surface area contributed by atoms with Crippen LogP contribution in [0.1, 0.15) is 57.3 Å². The fraction of sp³-hybridized carbons (Fsp3) is 0.400. The maximum Gasteiger partial charge on any atom is 0.278 e. The molecule has 3 aromatic rings. The molecule has 2 aromatic heterocycles. The molecule has 1 aliphatic carbocycles. The predicted molar refractivity (Wildman–Crippen MR) is 98.0 cm³/mol. The predicted octanol–water partition coefficient (Wildman–Crippen LogP) is 3.12. The lowest BCUT2D eigenvalue weighted by atomic mass is 10.0. The van der Waals surface area contributed by atoms with Gasteiger partial charge in [-0.3, -0.25) is 9.48 Å². The van der Waals surface area contributed by atoms with Crippen LogP contribution in [0, 0.1) is 13.8 Å². The monoisotopic (exact) mass is 363 g/mol. The number of aromatic nitrogens is 4. The molecule has 2 aliphatic rings. The molecule has 3 heterocycles. The van der Waals surface area contributed by atoms with Crippen LogP contribution < -0.4 is 0 Å². The van der Waals surface area contributed by atoms with E-state index in [9.17, 15) is 4.79 Å². The SMILES string of the molecule is Cc1ccc(C(=O)N2Cc3c(-c4nc(C5CC5)no4)nn(C)c3C2)c(C)c1. The third-order valence-corrected chi connectivity index (χ3v) is 5.45. The van der Waals surface area contributed by atoms with Crippen molar-refractivity contribution in [1.82, 2.24) is 24.8 Å². The minimum absolute atomic E-state index is 0.0406. The maximum atomic E-state index is 13.1. The van der Waals surface area contributed by atoms with Crippen LogP contribution in [0.15, 0.2) is 22.7 Å². The van der Waals surface area contributed by atoms with Crippen LogP contribution in [0.25, 0.3) is 11.6 Å². The van der Waals surface area contributed by atoms with Gasteiger partial charge < -0.3 is 9.42 Å². The number of amides is 1. The second-order valence-corrected chi connectivity index (χ2v) is 7.61. The Labute approximate surface area is 157 Å². The van der Waals surface area contributed by atoms with E-state index in [4.69, 9.17) is 4.52 Å². The van der Waals surface area contributed by atoms with E-state index in [1.807, 2.05) is 48.7 Å². The molecule has 0 spiro atoms. The summed E-state index contributed by atoms with van der Waals surface area (Å²) in [4.78, 5) is 19.4. The van der Waals surface area contributed by atoms with Crippen LogP contribution in [0.3, 0.4) is 0 Å². The topological polar surface area (TPSA) is 77.1 Å².